The number of piperazine rings is 1. The molecule has 1 fully saturated rings. The summed E-state index contributed by atoms with van der Waals surface area (Å²) in [5, 5.41) is 0.608. The standard InChI is InChI=1S/C15H20ClN3O2.ClH/c1-11(17)15(21)19-8-6-18(7-9-19)14(20)10-12-4-2-3-5-13(12)16;/h2-5,11H,6-10,17H2,1H3;1H/t11-;/m1./s1. The first-order valence-corrected chi connectivity index (χ1v) is 7.42. The summed E-state index contributed by atoms with van der Waals surface area (Å²) in [6.07, 6.45) is 0.293. The van der Waals surface area contributed by atoms with Crippen molar-refractivity contribution >= 4 is 35.8 Å². The second-order valence-corrected chi connectivity index (χ2v) is 5.67. The zero-order chi connectivity index (χ0) is 15.4. The number of hydrogen-bond acceptors (Lipinski definition) is 3. The Balaban J connectivity index is 0.00000242. The van der Waals surface area contributed by atoms with Gasteiger partial charge in [0.25, 0.3) is 0 Å². The van der Waals surface area contributed by atoms with Crippen molar-refractivity contribution in [2.75, 3.05) is 26.2 Å². The van der Waals surface area contributed by atoms with E-state index in [1.165, 1.54) is 0 Å². The van der Waals surface area contributed by atoms with Gasteiger partial charge in [-0.3, -0.25) is 9.59 Å². The minimum atomic E-state index is -0.490. The number of carbonyl (C=O) groups excluding carboxylic acids is 2. The zero-order valence-electron chi connectivity index (χ0n) is 12.5. The molecule has 0 unspecified atom stereocenters. The molecule has 122 valence electrons. The lowest BCUT2D eigenvalue weighted by atomic mass is 10.1. The molecule has 0 aliphatic carbocycles. The molecule has 0 radical (unpaired) electrons. The van der Waals surface area contributed by atoms with E-state index in [9.17, 15) is 9.59 Å². The van der Waals surface area contributed by atoms with E-state index in [0.717, 1.165) is 5.56 Å². The number of rotatable bonds is 3. The van der Waals surface area contributed by atoms with Gasteiger partial charge in [-0.05, 0) is 18.6 Å². The summed E-state index contributed by atoms with van der Waals surface area (Å²) >= 11 is 6.07. The molecule has 2 N–H and O–H groups in total. The first kappa shape index (κ1) is 18.7. The quantitative estimate of drug-likeness (QED) is 0.898. The fourth-order valence-corrected chi connectivity index (χ4v) is 2.58. The average Bonchev–Trinajstić information content (AvgIpc) is 2.49. The third-order valence-electron chi connectivity index (χ3n) is 3.63. The van der Waals surface area contributed by atoms with Gasteiger partial charge < -0.3 is 15.5 Å². The average molecular weight is 346 g/mol. The molecule has 7 heteroatoms. The molecule has 2 rings (SSSR count). The molecular weight excluding hydrogens is 325 g/mol. The number of nitrogens with two attached hydrogens (primary N) is 1. The highest BCUT2D eigenvalue weighted by Crippen LogP contribution is 2.16. The number of hydrogen-bond donors (Lipinski definition) is 1. The summed E-state index contributed by atoms with van der Waals surface area (Å²) in [4.78, 5) is 27.5. The van der Waals surface area contributed by atoms with Gasteiger partial charge in [-0.1, -0.05) is 29.8 Å². The molecule has 0 bridgehead atoms. The Bertz CT molecular complexity index is 529. The van der Waals surface area contributed by atoms with Gasteiger partial charge in [-0.2, -0.15) is 0 Å². The van der Waals surface area contributed by atoms with E-state index in [-0.39, 0.29) is 24.2 Å². The van der Waals surface area contributed by atoms with Crippen LogP contribution in [0.5, 0.6) is 0 Å². The van der Waals surface area contributed by atoms with Crippen molar-refractivity contribution in [3.8, 4) is 0 Å². The summed E-state index contributed by atoms with van der Waals surface area (Å²) in [6.45, 7) is 3.84. The normalized spacial score (nSPS) is 16.0. The molecular formula is C15H21Cl2N3O2. The number of amides is 2. The van der Waals surface area contributed by atoms with Gasteiger partial charge in [0.15, 0.2) is 0 Å². The third kappa shape index (κ3) is 4.60. The van der Waals surface area contributed by atoms with Gasteiger partial charge in [-0.25, -0.2) is 0 Å². The van der Waals surface area contributed by atoms with E-state index in [2.05, 4.69) is 0 Å². The van der Waals surface area contributed by atoms with Crippen LogP contribution in [-0.4, -0.2) is 53.8 Å². The predicted molar refractivity (Wildman–Crippen MR) is 89.2 cm³/mol. The molecule has 1 aromatic rings. The van der Waals surface area contributed by atoms with Crippen LogP contribution >= 0.6 is 24.0 Å². The molecule has 0 aromatic heterocycles. The van der Waals surface area contributed by atoms with Gasteiger partial charge in [0.1, 0.15) is 0 Å². The van der Waals surface area contributed by atoms with Crippen molar-refractivity contribution in [1.82, 2.24) is 9.80 Å². The molecule has 1 heterocycles. The van der Waals surface area contributed by atoms with Crippen molar-refractivity contribution < 1.29 is 9.59 Å². The Labute approximate surface area is 141 Å². The monoisotopic (exact) mass is 345 g/mol. The van der Waals surface area contributed by atoms with Crippen LogP contribution in [0.3, 0.4) is 0 Å². The molecule has 1 aliphatic rings. The predicted octanol–water partition coefficient (Wildman–Crippen LogP) is 1.32. The molecule has 0 saturated carbocycles. The van der Waals surface area contributed by atoms with Crippen LogP contribution in [0.15, 0.2) is 24.3 Å². The van der Waals surface area contributed by atoms with E-state index in [4.69, 9.17) is 17.3 Å². The Morgan fingerprint density at radius 3 is 2.27 bits per heavy atom. The SMILES string of the molecule is C[C@@H](N)C(=O)N1CCN(C(=O)Cc2ccccc2Cl)CC1.Cl. The maximum absolute atomic E-state index is 12.3. The number of carbonyl (C=O) groups is 2. The van der Waals surface area contributed by atoms with Gasteiger partial charge in [0.05, 0.1) is 12.5 Å². The number of nitrogens with zero attached hydrogens (tertiary/aromatic N) is 2. The van der Waals surface area contributed by atoms with Crippen LogP contribution in [0.4, 0.5) is 0 Å². The number of benzene rings is 1. The summed E-state index contributed by atoms with van der Waals surface area (Å²) in [5.74, 6) is -0.0239. The first-order valence-electron chi connectivity index (χ1n) is 7.04. The molecule has 1 aromatic carbocycles. The third-order valence-corrected chi connectivity index (χ3v) is 4.00. The largest absolute Gasteiger partial charge is 0.339 e. The van der Waals surface area contributed by atoms with E-state index >= 15 is 0 Å². The molecule has 1 atom stereocenters. The Hall–Kier alpha value is -1.30. The maximum atomic E-state index is 12.3. The lowest BCUT2D eigenvalue weighted by Gasteiger charge is -2.35. The fraction of sp³-hybridized carbons (Fsp3) is 0.467. The van der Waals surface area contributed by atoms with Crippen LogP contribution in [0.2, 0.25) is 5.02 Å². The Morgan fingerprint density at radius 2 is 1.73 bits per heavy atom. The van der Waals surface area contributed by atoms with Crippen LogP contribution in [-0.2, 0) is 16.0 Å². The molecule has 2 amide bonds. The Morgan fingerprint density at radius 1 is 1.18 bits per heavy atom. The van der Waals surface area contributed by atoms with Crippen LogP contribution in [0.1, 0.15) is 12.5 Å². The number of halogens is 2. The highest BCUT2D eigenvalue weighted by molar-refractivity contribution is 6.31. The summed E-state index contributed by atoms with van der Waals surface area (Å²) in [5.41, 5.74) is 6.43. The van der Waals surface area contributed by atoms with E-state index in [1.807, 2.05) is 18.2 Å². The van der Waals surface area contributed by atoms with E-state index in [1.54, 1.807) is 22.8 Å². The molecule has 22 heavy (non-hydrogen) atoms. The second-order valence-electron chi connectivity index (χ2n) is 5.26. The van der Waals surface area contributed by atoms with Crippen LogP contribution in [0, 0.1) is 0 Å². The van der Waals surface area contributed by atoms with Gasteiger partial charge in [0, 0.05) is 31.2 Å². The van der Waals surface area contributed by atoms with Crippen LogP contribution in [0.25, 0.3) is 0 Å². The van der Waals surface area contributed by atoms with E-state index in [0.29, 0.717) is 37.6 Å². The van der Waals surface area contributed by atoms with E-state index < -0.39 is 6.04 Å². The molecule has 1 saturated heterocycles. The first-order chi connectivity index (χ1) is 9.99. The van der Waals surface area contributed by atoms with Gasteiger partial charge >= 0.3 is 0 Å². The van der Waals surface area contributed by atoms with Gasteiger partial charge in [-0.15, -0.1) is 12.4 Å². The second kappa shape index (κ2) is 8.36. The minimum Gasteiger partial charge on any atom is -0.339 e. The molecule has 1 aliphatic heterocycles. The lowest BCUT2D eigenvalue weighted by molar-refractivity contribution is -0.139. The molecule has 0 spiro atoms. The van der Waals surface area contributed by atoms with Crippen molar-refractivity contribution in [3.63, 3.8) is 0 Å². The summed E-state index contributed by atoms with van der Waals surface area (Å²) in [6, 6.07) is 6.86. The smallest absolute Gasteiger partial charge is 0.239 e. The Kier molecular flexibility index (Phi) is 7.13. The van der Waals surface area contributed by atoms with Gasteiger partial charge in [0.2, 0.25) is 11.8 Å². The zero-order valence-corrected chi connectivity index (χ0v) is 14.1. The maximum Gasteiger partial charge on any atom is 0.239 e. The summed E-state index contributed by atoms with van der Waals surface area (Å²) < 4.78 is 0. The highest BCUT2D eigenvalue weighted by atomic mass is 35.5. The molecule has 5 nitrogen and oxygen atoms in total. The summed E-state index contributed by atoms with van der Waals surface area (Å²) in [7, 11) is 0. The van der Waals surface area contributed by atoms with Crippen molar-refractivity contribution in [3.05, 3.63) is 34.9 Å². The fourth-order valence-electron chi connectivity index (χ4n) is 2.38. The van der Waals surface area contributed by atoms with Crippen molar-refractivity contribution in [1.29, 1.82) is 0 Å². The highest BCUT2D eigenvalue weighted by Gasteiger charge is 2.25. The van der Waals surface area contributed by atoms with Crippen molar-refractivity contribution in [2.24, 2.45) is 5.73 Å². The lowest BCUT2D eigenvalue weighted by Crippen LogP contribution is -2.54. The topological polar surface area (TPSA) is 66.6 Å². The van der Waals surface area contributed by atoms with Crippen molar-refractivity contribution in [2.45, 2.75) is 19.4 Å². The van der Waals surface area contributed by atoms with Crippen LogP contribution < -0.4 is 5.73 Å². The minimum absolute atomic E-state index is 0.